The molecule has 1 aromatic rings. The molecule has 0 N–H and O–H groups in total. The Kier molecular flexibility index (Phi) is 4.22. The topological polar surface area (TPSA) is 66.8 Å². The van der Waals surface area contributed by atoms with Gasteiger partial charge in [0.1, 0.15) is 0 Å². The lowest BCUT2D eigenvalue weighted by molar-refractivity contribution is -0.117. The van der Waals surface area contributed by atoms with Crippen molar-refractivity contribution < 1.29 is 13.2 Å². The lowest BCUT2D eigenvalue weighted by Gasteiger charge is -2.17. The Morgan fingerprint density at radius 1 is 1.41 bits per heavy atom. The molecule has 2 aliphatic rings. The second-order valence-electron chi connectivity index (χ2n) is 5.47. The van der Waals surface area contributed by atoms with Crippen LogP contribution in [0.3, 0.4) is 0 Å². The summed E-state index contributed by atoms with van der Waals surface area (Å²) in [4.78, 5) is 18.1. The maximum atomic E-state index is 12.1. The molecular formula is C14H15ClN2O3S2. The molecule has 0 aromatic heterocycles. The zero-order valence-electron chi connectivity index (χ0n) is 11.9. The van der Waals surface area contributed by atoms with Gasteiger partial charge in [-0.2, -0.15) is 4.99 Å². The van der Waals surface area contributed by atoms with Gasteiger partial charge < -0.3 is 4.90 Å². The summed E-state index contributed by atoms with van der Waals surface area (Å²) < 4.78 is 23.3. The van der Waals surface area contributed by atoms with E-state index in [0.29, 0.717) is 10.2 Å². The number of carbonyl (C=O) groups is 1. The van der Waals surface area contributed by atoms with Crippen molar-refractivity contribution in [3.63, 3.8) is 0 Å². The molecule has 0 radical (unpaired) electrons. The van der Waals surface area contributed by atoms with E-state index in [1.165, 1.54) is 11.8 Å². The number of amidine groups is 1. The van der Waals surface area contributed by atoms with E-state index in [0.717, 1.165) is 5.56 Å². The molecular weight excluding hydrogens is 344 g/mol. The zero-order valence-corrected chi connectivity index (χ0v) is 14.3. The van der Waals surface area contributed by atoms with Gasteiger partial charge in [-0.3, -0.25) is 4.79 Å². The van der Waals surface area contributed by atoms with Gasteiger partial charge in [0.25, 0.3) is 5.91 Å². The van der Waals surface area contributed by atoms with Crippen molar-refractivity contribution >= 4 is 44.3 Å². The van der Waals surface area contributed by atoms with E-state index in [2.05, 4.69) is 4.99 Å². The summed E-state index contributed by atoms with van der Waals surface area (Å²) >= 11 is 7.42. The number of amides is 1. The van der Waals surface area contributed by atoms with Crippen molar-refractivity contribution in [1.82, 2.24) is 4.90 Å². The van der Waals surface area contributed by atoms with E-state index in [1.807, 2.05) is 17.0 Å². The lowest BCUT2D eigenvalue weighted by Crippen LogP contribution is -2.34. The molecule has 5 nitrogen and oxygen atoms in total. The van der Waals surface area contributed by atoms with Crippen LogP contribution in [0.2, 0.25) is 5.02 Å². The molecule has 22 heavy (non-hydrogen) atoms. The summed E-state index contributed by atoms with van der Waals surface area (Å²) in [7, 11) is -1.17. The van der Waals surface area contributed by atoms with Crippen LogP contribution in [-0.4, -0.2) is 54.2 Å². The van der Waals surface area contributed by atoms with Crippen molar-refractivity contribution in [1.29, 1.82) is 0 Å². The van der Waals surface area contributed by atoms with Crippen LogP contribution >= 0.6 is 23.4 Å². The van der Waals surface area contributed by atoms with Crippen LogP contribution in [0.15, 0.2) is 29.3 Å². The standard InChI is InChI=1S/C14H15ClN2O3S2/c1-17-11-7-22(19,20)8-12(11)21-14(17)16-13(18)6-9-4-2-3-5-10(9)15/h2-5,11-12H,6-8H2,1H3/t11-,12-/m1/s1. The van der Waals surface area contributed by atoms with Crippen LogP contribution in [0, 0.1) is 0 Å². The number of aliphatic imine (C=N–C) groups is 1. The Morgan fingerprint density at radius 3 is 2.82 bits per heavy atom. The summed E-state index contributed by atoms with van der Waals surface area (Å²) in [5.74, 6) is 0.0220. The van der Waals surface area contributed by atoms with Gasteiger partial charge in [-0.1, -0.05) is 41.6 Å². The molecule has 2 fully saturated rings. The molecule has 0 saturated carbocycles. The molecule has 1 amide bonds. The minimum absolute atomic E-state index is 0.0261. The summed E-state index contributed by atoms with van der Waals surface area (Å²) in [5.41, 5.74) is 0.743. The van der Waals surface area contributed by atoms with Crippen molar-refractivity contribution in [2.24, 2.45) is 4.99 Å². The third-order valence-electron chi connectivity index (χ3n) is 3.85. The Hall–Kier alpha value is -1.05. The highest BCUT2D eigenvalue weighted by Gasteiger charge is 2.47. The van der Waals surface area contributed by atoms with Gasteiger partial charge in [0.15, 0.2) is 15.0 Å². The number of hydrogen-bond donors (Lipinski definition) is 0. The second-order valence-corrected chi connectivity index (χ2v) is 9.24. The molecule has 118 valence electrons. The van der Waals surface area contributed by atoms with Crippen LogP contribution in [0.4, 0.5) is 0 Å². The second kappa shape index (κ2) is 5.86. The molecule has 0 spiro atoms. The van der Waals surface area contributed by atoms with Crippen LogP contribution < -0.4 is 0 Å². The molecule has 3 rings (SSSR count). The van der Waals surface area contributed by atoms with Gasteiger partial charge in [0, 0.05) is 17.3 Å². The van der Waals surface area contributed by atoms with Gasteiger partial charge in [0.2, 0.25) is 0 Å². The molecule has 2 aliphatic heterocycles. The Balaban J connectivity index is 1.72. The Morgan fingerprint density at radius 2 is 2.14 bits per heavy atom. The van der Waals surface area contributed by atoms with Crippen LogP contribution in [0.5, 0.6) is 0 Å². The number of nitrogens with zero attached hydrogens (tertiary/aromatic N) is 2. The smallest absolute Gasteiger partial charge is 0.252 e. The lowest BCUT2D eigenvalue weighted by atomic mass is 10.1. The fourth-order valence-electron chi connectivity index (χ4n) is 2.69. The van der Waals surface area contributed by atoms with Crippen LogP contribution in [0.25, 0.3) is 0 Å². The summed E-state index contributed by atoms with van der Waals surface area (Å²) in [6, 6.07) is 7.09. The number of benzene rings is 1. The van der Waals surface area contributed by atoms with E-state index in [1.54, 1.807) is 19.2 Å². The van der Waals surface area contributed by atoms with Crippen molar-refractivity contribution in [2.75, 3.05) is 18.6 Å². The fourth-order valence-corrected chi connectivity index (χ4v) is 6.90. The third-order valence-corrected chi connectivity index (χ3v) is 7.52. The van der Waals surface area contributed by atoms with E-state index < -0.39 is 9.84 Å². The van der Waals surface area contributed by atoms with Crippen LogP contribution in [-0.2, 0) is 21.1 Å². The molecule has 0 aliphatic carbocycles. The highest BCUT2D eigenvalue weighted by atomic mass is 35.5. The third kappa shape index (κ3) is 3.16. The summed E-state index contributed by atoms with van der Waals surface area (Å²) in [5, 5.41) is 1.12. The first-order valence-corrected chi connectivity index (χ1v) is 9.88. The zero-order chi connectivity index (χ0) is 15.9. The summed E-state index contributed by atoms with van der Waals surface area (Å²) in [6.07, 6.45) is 0.144. The fraction of sp³-hybridized carbons (Fsp3) is 0.429. The molecule has 1 aromatic carbocycles. The SMILES string of the molecule is CN1C(=NC(=O)Cc2ccccc2Cl)S[C@@H]2CS(=O)(=O)C[C@H]21. The number of fused-ring (bicyclic) bond motifs is 1. The number of halogens is 1. The van der Waals surface area contributed by atoms with Crippen molar-refractivity contribution in [3.05, 3.63) is 34.9 Å². The number of thioether (sulfide) groups is 1. The predicted molar refractivity (Wildman–Crippen MR) is 89.2 cm³/mol. The molecule has 0 bridgehead atoms. The van der Waals surface area contributed by atoms with E-state index in [-0.39, 0.29) is 35.1 Å². The van der Waals surface area contributed by atoms with E-state index >= 15 is 0 Å². The van der Waals surface area contributed by atoms with Gasteiger partial charge in [-0.05, 0) is 11.6 Å². The Bertz CT molecular complexity index is 748. The van der Waals surface area contributed by atoms with Crippen LogP contribution in [0.1, 0.15) is 5.56 Å². The van der Waals surface area contributed by atoms with Gasteiger partial charge in [-0.25, -0.2) is 8.42 Å². The first-order valence-electron chi connectivity index (χ1n) is 6.80. The van der Waals surface area contributed by atoms with E-state index in [9.17, 15) is 13.2 Å². The minimum atomic E-state index is -2.96. The largest absolute Gasteiger partial charge is 0.349 e. The molecule has 8 heteroatoms. The molecule has 2 atom stereocenters. The monoisotopic (exact) mass is 358 g/mol. The van der Waals surface area contributed by atoms with E-state index in [4.69, 9.17) is 11.6 Å². The minimum Gasteiger partial charge on any atom is -0.349 e. The first kappa shape index (κ1) is 15.8. The maximum absolute atomic E-state index is 12.1. The van der Waals surface area contributed by atoms with Crippen molar-refractivity contribution in [2.45, 2.75) is 17.7 Å². The maximum Gasteiger partial charge on any atom is 0.252 e. The van der Waals surface area contributed by atoms with Gasteiger partial charge in [0.05, 0.1) is 24.0 Å². The van der Waals surface area contributed by atoms with Gasteiger partial charge >= 0.3 is 0 Å². The average molecular weight is 359 g/mol. The predicted octanol–water partition coefficient (Wildman–Crippen LogP) is 1.61. The number of hydrogen-bond acceptors (Lipinski definition) is 4. The molecule has 0 unspecified atom stereocenters. The highest BCUT2D eigenvalue weighted by molar-refractivity contribution is 8.15. The molecule has 2 heterocycles. The highest BCUT2D eigenvalue weighted by Crippen LogP contribution is 2.37. The van der Waals surface area contributed by atoms with Gasteiger partial charge in [-0.15, -0.1) is 0 Å². The first-order chi connectivity index (χ1) is 10.4. The number of carbonyl (C=O) groups excluding carboxylic acids is 1. The normalized spacial score (nSPS) is 28.1. The molecule has 2 saturated heterocycles. The average Bonchev–Trinajstić information content (AvgIpc) is 2.87. The number of sulfone groups is 1. The van der Waals surface area contributed by atoms with Crippen molar-refractivity contribution in [3.8, 4) is 0 Å². The quantitative estimate of drug-likeness (QED) is 0.803. The summed E-state index contributed by atoms with van der Waals surface area (Å²) in [6.45, 7) is 0. The number of rotatable bonds is 2. The Labute approximate surface area is 138 Å².